The van der Waals surface area contributed by atoms with E-state index in [0.29, 0.717) is 32.6 Å². The molecule has 0 saturated heterocycles. The van der Waals surface area contributed by atoms with Crippen LogP contribution in [-0.2, 0) is 4.79 Å². The molecule has 29 heavy (non-hydrogen) atoms. The number of hydrogen-bond donors (Lipinski definition) is 3. The van der Waals surface area contributed by atoms with Crippen molar-refractivity contribution in [3.8, 4) is 5.75 Å². The summed E-state index contributed by atoms with van der Waals surface area (Å²) in [4.78, 5) is 16.4. The monoisotopic (exact) mass is 450 g/mol. The maximum absolute atomic E-state index is 12.2. The Morgan fingerprint density at radius 1 is 1.28 bits per heavy atom. The van der Waals surface area contributed by atoms with Crippen LogP contribution < -0.4 is 15.5 Å². The van der Waals surface area contributed by atoms with E-state index in [0.717, 1.165) is 5.56 Å². The first-order valence-corrected chi connectivity index (χ1v) is 10.0. The van der Waals surface area contributed by atoms with E-state index in [2.05, 4.69) is 31.0 Å². The van der Waals surface area contributed by atoms with Gasteiger partial charge >= 0.3 is 0 Å². The van der Waals surface area contributed by atoms with E-state index in [4.69, 9.17) is 27.9 Å². The number of rotatable bonds is 8. The predicted octanol–water partition coefficient (Wildman–Crippen LogP) is 4.30. The molecule has 0 bridgehead atoms. The molecular formula is C18H16Cl2N6O2S. The van der Waals surface area contributed by atoms with Crippen molar-refractivity contribution in [2.45, 2.75) is 5.16 Å². The number of anilines is 2. The minimum absolute atomic E-state index is 0.110. The lowest BCUT2D eigenvalue weighted by Gasteiger charge is -2.09. The molecule has 0 aliphatic heterocycles. The van der Waals surface area contributed by atoms with Gasteiger partial charge in [-0.25, -0.2) is 10.5 Å². The molecule has 0 aliphatic carbocycles. The molecule has 3 N–H and O–H groups in total. The fourth-order valence-corrected chi connectivity index (χ4v) is 3.18. The third-order valence-electron chi connectivity index (χ3n) is 3.47. The SMILES string of the molecule is COc1ccc(Cl)cc1NC(=O)CSc1n[nH]c(N/N=C\c2cccc(Cl)c2)n1. The maximum Gasteiger partial charge on any atom is 0.240 e. The van der Waals surface area contributed by atoms with Gasteiger partial charge in [0.25, 0.3) is 0 Å². The zero-order chi connectivity index (χ0) is 20.6. The molecule has 1 aromatic heterocycles. The van der Waals surface area contributed by atoms with E-state index in [1.54, 1.807) is 36.5 Å². The molecule has 0 spiro atoms. The van der Waals surface area contributed by atoms with Crippen LogP contribution >= 0.6 is 35.0 Å². The number of ether oxygens (including phenoxy) is 1. The number of hydrogen-bond acceptors (Lipinski definition) is 7. The number of aromatic amines is 1. The number of benzene rings is 2. The van der Waals surface area contributed by atoms with Gasteiger partial charge in [0.2, 0.25) is 17.0 Å². The van der Waals surface area contributed by atoms with E-state index in [1.165, 1.54) is 18.9 Å². The molecular weight excluding hydrogens is 435 g/mol. The molecule has 8 nitrogen and oxygen atoms in total. The highest BCUT2D eigenvalue weighted by Gasteiger charge is 2.11. The Labute approximate surface area is 181 Å². The molecule has 0 atom stereocenters. The molecule has 0 fully saturated rings. The second-order valence-corrected chi connectivity index (χ2v) is 7.39. The number of carbonyl (C=O) groups excluding carboxylic acids is 1. The van der Waals surface area contributed by atoms with Crippen LogP contribution in [0.25, 0.3) is 0 Å². The normalized spacial score (nSPS) is 10.9. The van der Waals surface area contributed by atoms with Crippen LogP contribution in [0.3, 0.4) is 0 Å². The van der Waals surface area contributed by atoms with Gasteiger partial charge in [0.1, 0.15) is 5.75 Å². The lowest BCUT2D eigenvalue weighted by atomic mass is 10.2. The minimum Gasteiger partial charge on any atom is -0.495 e. The van der Waals surface area contributed by atoms with Crippen LogP contribution in [0.5, 0.6) is 5.75 Å². The van der Waals surface area contributed by atoms with Gasteiger partial charge in [-0.05, 0) is 35.9 Å². The van der Waals surface area contributed by atoms with Crippen LogP contribution in [0.4, 0.5) is 11.6 Å². The Bertz CT molecular complexity index is 1030. The van der Waals surface area contributed by atoms with Crippen LogP contribution in [0, 0.1) is 0 Å². The van der Waals surface area contributed by atoms with E-state index in [1.807, 2.05) is 12.1 Å². The average molecular weight is 451 g/mol. The Morgan fingerprint density at radius 2 is 2.10 bits per heavy atom. The topological polar surface area (TPSA) is 104 Å². The first-order valence-electron chi connectivity index (χ1n) is 8.27. The number of halogens is 2. The Morgan fingerprint density at radius 3 is 2.90 bits per heavy atom. The van der Waals surface area contributed by atoms with E-state index >= 15 is 0 Å². The highest BCUT2D eigenvalue weighted by atomic mass is 35.5. The van der Waals surface area contributed by atoms with Crippen molar-refractivity contribution in [1.82, 2.24) is 15.2 Å². The first-order chi connectivity index (χ1) is 14.0. The quantitative estimate of drug-likeness (QED) is 0.268. The van der Waals surface area contributed by atoms with E-state index in [9.17, 15) is 4.79 Å². The average Bonchev–Trinajstić information content (AvgIpc) is 3.14. The van der Waals surface area contributed by atoms with Gasteiger partial charge in [0.05, 0.1) is 24.8 Å². The largest absolute Gasteiger partial charge is 0.495 e. The van der Waals surface area contributed by atoms with E-state index < -0.39 is 0 Å². The van der Waals surface area contributed by atoms with Gasteiger partial charge in [-0.2, -0.15) is 10.1 Å². The molecule has 150 valence electrons. The van der Waals surface area contributed by atoms with Crippen LogP contribution in [0.1, 0.15) is 5.56 Å². The lowest BCUT2D eigenvalue weighted by molar-refractivity contribution is -0.113. The summed E-state index contributed by atoms with van der Waals surface area (Å²) in [6, 6.07) is 12.2. The summed E-state index contributed by atoms with van der Waals surface area (Å²) < 4.78 is 5.20. The van der Waals surface area contributed by atoms with Crippen molar-refractivity contribution in [3.05, 3.63) is 58.1 Å². The number of aromatic nitrogens is 3. The van der Waals surface area contributed by atoms with Gasteiger partial charge in [-0.15, -0.1) is 5.10 Å². The summed E-state index contributed by atoms with van der Waals surface area (Å²) in [5.74, 6) is 0.741. The summed E-state index contributed by atoms with van der Waals surface area (Å²) in [5.41, 5.74) is 4.07. The van der Waals surface area contributed by atoms with Crippen LogP contribution in [0.2, 0.25) is 10.0 Å². The Hall–Kier alpha value is -2.75. The van der Waals surface area contributed by atoms with Gasteiger partial charge in [0, 0.05) is 10.0 Å². The molecule has 1 heterocycles. The van der Waals surface area contributed by atoms with Gasteiger partial charge in [0.15, 0.2) is 0 Å². The second kappa shape index (κ2) is 10.1. The van der Waals surface area contributed by atoms with Crippen molar-refractivity contribution in [2.24, 2.45) is 5.10 Å². The lowest BCUT2D eigenvalue weighted by Crippen LogP contribution is -2.14. The third kappa shape index (κ3) is 6.38. The summed E-state index contributed by atoms with van der Waals surface area (Å²) >= 11 is 13.1. The Kier molecular flexibility index (Phi) is 7.34. The number of H-pyrrole nitrogens is 1. The smallest absolute Gasteiger partial charge is 0.240 e. The highest BCUT2D eigenvalue weighted by Crippen LogP contribution is 2.28. The van der Waals surface area contributed by atoms with Crippen molar-refractivity contribution in [3.63, 3.8) is 0 Å². The molecule has 11 heteroatoms. The molecule has 0 saturated carbocycles. The molecule has 2 aromatic carbocycles. The number of nitrogens with one attached hydrogen (secondary N) is 3. The van der Waals surface area contributed by atoms with Crippen molar-refractivity contribution in [1.29, 1.82) is 0 Å². The van der Waals surface area contributed by atoms with Crippen molar-refractivity contribution < 1.29 is 9.53 Å². The van der Waals surface area contributed by atoms with Gasteiger partial charge in [-0.1, -0.05) is 47.1 Å². The van der Waals surface area contributed by atoms with Crippen LogP contribution in [-0.4, -0.2) is 40.2 Å². The number of methoxy groups -OCH3 is 1. The molecule has 1 amide bonds. The van der Waals surface area contributed by atoms with Gasteiger partial charge in [-0.3, -0.25) is 4.79 Å². The summed E-state index contributed by atoms with van der Waals surface area (Å²) in [7, 11) is 1.52. The number of amides is 1. The fraction of sp³-hybridized carbons (Fsp3) is 0.111. The van der Waals surface area contributed by atoms with Crippen molar-refractivity contribution >= 4 is 58.7 Å². The maximum atomic E-state index is 12.2. The third-order valence-corrected chi connectivity index (χ3v) is 4.78. The standard InChI is InChI=1S/C18H16Cl2N6O2S/c1-28-15-6-5-13(20)8-14(15)22-16(27)10-29-18-23-17(25-26-18)24-21-9-11-3-2-4-12(19)7-11/h2-9H,10H2,1H3,(H,22,27)(H2,23,24,25,26)/b21-9-. The molecule has 3 aromatic rings. The summed E-state index contributed by atoms with van der Waals surface area (Å²) in [6.45, 7) is 0. The second-order valence-electron chi connectivity index (χ2n) is 5.57. The molecule has 0 unspecified atom stereocenters. The Balaban J connectivity index is 1.50. The number of nitrogens with zero attached hydrogens (tertiary/aromatic N) is 3. The summed E-state index contributed by atoms with van der Waals surface area (Å²) in [6.07, 6.45) is 1.60. The van der Waals surface area contributed by atoms with E-state index in [-0.39, 0.29) is 11.7 Å². The molecule has 0 aliphatic rings. The number of thioether (sulfide) groups is 1. The highest BCUT2D eigenvalue weighted by molar-refractivity contribution is 7.99. The molecule has 0 radical (unpaired) electrons. The zero-order valence-electron chi connectivity index (χ0n) is 15.1. The summed E-state index contributed by atoms with van der Waals surface area (Å²) in [5, 5.41) is 15.1. The number of carbonyl (C=O) groups is 1. The van der Waals surface area contributed by atoms with Crippen molar-refractivity contribution in [2.75, 3.05) is 23.6 Å². The fourth-order valence-electron chi connectivity index (χ4n) is 2.21. The first kappa shape index (κ1) is 21.0. The van der Waals surface area contributed by atoms with Gasteiger partial charge < -0.3 is 10.1 Å². The zero-order valence-corrected chi connectivity index (χ0v) is 17.5. The minimum atomic E-state index is -0.242. The molecule has 3 rings (SSSR count). The predicted molar refractivity (Wildman–Crippen MR) is 116 cm³/mol. The van der Waals surface area contributed by atoms with Crippen LogP contribution in [0.15, 0.2) is 52.7 Å². The number of hydrazone groups is 1.